The van der Waals surface area contributed by atoms with E-state index in [1.165, 1.54) is 7.11 Å². The van der Waals surface area contributed by atoms with Crippen LogP contribution in [0, 0.1) is 0 Å². The number of hydrogen-bond acceptors (Lipinski definition) is 9. The van der Waals surface area contributed by atoms with E-state index in [0.29, 0.717) is 42.6 Å². The number of carbonyl (C=O) groups is 3. The molecule has 0 bridgehead atoms. The standard InChI is InChI=1S/C29H28N4O6S/c1-37-25-16-21(2-7-24(25)39-19-20-8-10-30-11-9-20)17-26-28(35)33(29(36)40-26)18-27(34)31-22-3-5-23(6-4-22)32-12-14-38-15-13-32/h2-11,16-17H,12-15,18-19H2,1H3,(H,31,34)/b26-17+. The van der Waals surface area contributed by atoms with Crippen LogP contribution in [0.2, 0.25) is 0 Å². The van der Waals surface area contributed by atoms with Crippen LogP contribution >= 0.6 is 11.8 Å². The van der Waals surface area contributed by atoms with E-state index in [4.69, 9.17) is 14.2 Å². The van der Waals surface area contributed by atoms with Gasteiger partial charge in [-0.3, -0.25) is 24.3 Å². The Labute approximate surface area is 235 Å². The molecule has 3 heterocycles. The number of amides is 3. The first-order valence-corrected chi connectivity index (χ1v) is 13.5. The second-order valence-electron chi connectivity index (χ2n) is 9.02. The van der Waals surface area contributed by atoms with Crippen molar-refractivity contribution in [3.63, 3.8) is 0 Å². The van der Waals surface area contributed by atoms with Crippen LogP contribution in [0.1, 0.15) is 11.1 Å². The number of imide groups is 1. The van der Waals surface area contributed by atoms with Crippen molar-refractivity contribution < 1.29 is 28.6 Å². The SMILES string of the molecule is COc1cc(/C=C2/SC(=O)N(CC(=O)Nc3ccc(N4CCOCC4)cc3)C2=O)ccc1OCc1ccncc1. The van der Waals surface area contributed by atoms with Crippen molar-refractivity contribution in [3.05, 3.63) is 83.0 Å². The molecule has 2 aromatic carbocycles. The van der Waals surface area contributed by atoms with Crippen LogP contribution in [-0.4, -0.2) is 66.9 Å². The van der Waals surface area contributed by atoms with Crippen LogP contribution in [0.15, 0.2) is 71.9 Å². The van der Waals surface area contributed by atoms with Crippen molar-refractivity contribution >= 4 is 46.3 Å². The van der Waals surface area contributed by atoms with E-state index >= 15 is 0 Å². The molecule has 40 heavy (non-hydrogen) atoms. The van der Waals surface area contributed by atoms with E-state index in [0.717, 1.165) is 41.0 Å². The number of hydrogen-bond donors (Lipinski definition) is 1. The summed E-state index contributed by atoms with van der Waals surface area (Å²) in [5.74, 6) is 0.0464. The van der Waals surface area contributed by atoms with Crippen LogP contribution in [0.4, 0.5) is 16.2 Å². The molecule has 0 radical (unpaired) electrons. The van der Waals surface area contributed by atoms with Crippen LogP contribution in [0.25, 0.3) is 6.08 Å². The van der Waals surface area contributed by atoms with E-state index < -0.39 is 17.1 Å². The third kappa shape index (κ3) is 6.61. The summed E-state index contributed by atoms with van der Waals surface area (Å²) >= 11 is 0.793. The molecule has 0 aliphatic carbocycles. The molecule has 2 saturated heterocycles. The summed E-state index contributed by atoms with van der Waals surface area (Å²) in [5.41, 5.74) is 3.25. The van der Waals surface area contributed by atoms with E-state index in [2.05, 4.69) is 15.2 Å². The average molecular weight is 561 g/mol. The van der Waals surface area contributed by atoms with Gasteiger partial charge in [-0.15, -0.1) is 0 Å². The van der Waals surface area contributed by atoms with Gasteiger partial charge in [0.25, 0.3) is 11.1 Å². The second kappa shape index (κ2) is 12.7. The highest BCUT2D eigenvalue weighted by molar-refractivity contribution is 8.18. The maximum absolute atomic E-state index is 13.0. The van der Waals surface area contributed by atoms with Gasteiger partial charge in [-0.2, -0.15) is 0 Å². The average Bonchev–Trinajstić information content (AvgIpc) is 3.24. The lowest BCUT2D eigenvalue weighted by molar-refractivity contribution is -0.127. The molecule has 11 heteroatoms. The normalized spacial score (nSPS) is 16.4. The first-order valence-electron chi connectivity index (χ1n) is 12.7. The first-order chi connectivity index (χ1) is 19.5. The Morgan fingerprint density at radius 1 is 1.05 bits per heavy atom. The van der Waals surface area contributed by atoms with Gasteiger partial charge in [0.1, 0.15) is 13.2 Å². The Morgan fingerprint density at radius 3 is 2.52 bits per heavy atom. The van der Waals surface area contributed by atoms with E-state index in [-0.39, 0.29) is 11.4 Å². The van der Waals surface area contributed by atoms with Crippen LogP contribution < -0.4 is 19.7 Å². The predicted octanol–water partition coefficient (Wildman–Crippen LogP) is 4.18. The Hall–Kier alpha value is -4.35. The van der Waals surface area contributed by atoms with Crippen molar-refractivity contribution in [1.29, 1.82) is 0 Å². The van der Waals surface area contributed by atoms with Gasteiger partial charge in [0.15, 0.2) is 11.5 Å². The van der Waals surface area contributed by atoms with Gasteiger partial charge in [0.2, 0.25) is 5.91 Å². The molecule has 0 saturated carbocycles. The number of pyridine rings is 1. The number of anilines is 2. The minimum Gasteiger partial charge on any atom is -0.493 e. The zero-order valence-corrected chi connectivity index (χ0v) is 22.7. The van der Waals surface area contributed by atoms with Crippen LogP contribution in [0.5, 0.6) is 11.5 Å². The number of benzene rings is 2. The van der Waals surface area contributed by atoms with Crippen molar-refractivity contribution in [3.8, 4) is 11.5 Å². The maximum atomic E-state index is 13.0. The van der Waals surface area contributed by atoms with E-state index in [1.807, 2.05) is 24.3 Å². The molecule has 0 atom stereocenters. The summed E-state index contributed by atoms with van der Waals surface area (Å²) in [7, 11) is 1.53. The summed E-state index contributed by atoms with van der Waals surface area (Å²) < 4.78 is 16.7. The summed E-state index contributed by atoms with van der Waals surface area (Å²) in [5, 5.41) is 2.26. The monoisotopic (exact) mass is 560 g/mol. The fraction of sp³-hybridized carbons (Fsp3) is 0.241. The predicted molar refractivity (Wildman–Crippen MR) is 152 cm³/mol. The molecule has 206 valence electrons. The number of ether oxygens (including phenoxy) is 3. The van der Waals surface area contributed by atoms with Gasteiger partial charge >= 0.3 is 0 Å². The Balaban J connectivity index is 1.19. The number of carbonyl (C=O) groups excluding carboxylic acids is 3. The zero-order valence-electron chi connectivity index (χ0n) is 21.9. The maximum Gasteiger partial charge on any atom is 0.294 e. The van der Waals surface area contributed by atoms with Crippen molar-refractivity contribution in [1.82, 2.24) is 9.88 Å². The van der Waals surface area contributed by atoms with Gasteiger partial charge < -0.3 is 24.4 Å². The Bertz CT molecular complexity index is 1410. The van der Waals surface area contributed by atoms with Gasteiger partial charge in [0.05, 0.1) is 25.2 Å². The number of rotatable bonds is 9. The molecule has 5 rings (SSSR count). The highest BCUT2D eigenvalue weighted by Gasteiger charge is 2.36. The number of methoxy groups -OCH3 is 1. The van der Waals surface area contributed by atoms with Crippen LogP contribution in [0.3, 0.4) is 0 Å². The lowest BCUT2D eigenvalue weighted by Crippen LogP contribution is -2.36. The minimum absolute atomic E-state index is 0.222. The lowest BCUT2D eigenvalue weighted by Gasteiger charge is -2.28. The molecule has 2 aliphatic rings. The molecule has 3 aromatic rings. The topological polar surface area (TPSA) is 110 Å². The number of nitrogens with one attached hydrogen (secondary N) is 1. The third-order valence-corrected chi connectivity index (χ3v) is 7.24. The van der Waals surface area contributed by atoms with Crippen molar-refractivity contribution in [2.45, 2.75) is 6.61 Å². The number of aromatic nitrogens is 1. The number of thioether (sulfide) groups is 1. The molecule has 2 aliphatic heterocycles. The number of nitrogens with zero attached hydrogens (tertiary/aromatic N) is 3. The van der Waals surface area contributed by atoms with Crippen molar-refractivity contribution in [2.24, 2.45) is 0 Å². The zero-order chi connectivity index (χ0) is 27.9. The molecule has 1 N–H and O–H groups in total. The summed E-state index contributed by atoms with van der Waals surface area (Å²) in [6.45, 7) is 2.97. The smallest absolute Gasteiger partial charge is 0.294 e. The van der Waals surface area contributed by atoms with Gasteiger partial charge in [-0.05, 0) is 77.5 Å². The lowest BCUT2D eigenvalue weighted by atomic mass is 10.2. The number of morpholine rings is 1. The molecule has 10 nitrogen and oxygen atoms in total. The first kappa shape index (κ1) is 27.2. The van der Waals surface area contributed by atoms with E-state index in [1.54, 1.807) is 48.8 Å². The summed E-state index contributed by atoms with van der Waals surface area (Å²) in [4.78, 5) is 45.6. The van der Waals surface area contributed by atoms with Crippen LogP contribution in [-0.2, 0) is 20.9 Å². The minimum atomic E-state index is -0.523. The second-order valence-corrected chi connectivity index (χ2v) is 10.0. The van der Waals surface area contributed by atoms with Gasteiger partial charge in [0, 0.05) is 36.9 Å². The Kier molecular flexibility index (Phi) is 8.62. The highest BCUT2D eigenvalue weighted by atomic mass is 32.2. The highest BCUT2D eigenvalue weighted by Crippen LogP contribution is 2.35. The molecule has 3 amide bonds. The summed E-state index contributed by atoms with van der Waals surface area (Å²) in [6, 6.07) is 16.4. The van der Waals surface area contributed by atoms with Gasteiger partial charge in [-0.1, -0.05) is 6.07 Å². The fourth-order valence-electron chi connectivity index (χ4n) is 4.24. The Morgan fingerprint density at radius 2 is 1.80 bits per heavy atom. The molecule has 0 unspecified atom stereocenters. The molecule has 1 aromatic heterocycles. The molecule has 2 fully saturated rings. The molecular weight excluding hydrogens is 532 g/mol. The largest absolute Gasteiger partial charge is 0.493 e. The summed E-state index contributed by atoms with van der Waals surface area (Å²) in [6.07, 6.45) is 4.99. The van der Waals surface area contributed by atoms with Gasteiger partial charge in [-0.25, -0.2) is 0 Å². The molecule has 0 spiro atoms. The quantitative estimate of drug-likeness (QED) is 0.386. The fourth-order valence-corrected chi connectivity index (χ4v) is 5.08. The van der Waals surface area contributed by atoms with E-state index in [9.17, 15) is 14.4 Å². The third-order valence-electron chi connectivity index (χ3n) is 6.33. The van der Waals surface area contributed by atoms with Crippen molar-refractivity contribution in [2.75, 3.05) is 50.2 Å². The molecular formula is C29H28N4O6S.